The van der Waals surface area contributed by atoms with Gasteiger partial charge in [-0.05, 0) is 24.3 Å². The molecule has 2 heterocycles. The number of amides is 1. The molecule has 120 valence electrons. The summed E-state index contributed by atoms with van der Waals surface area (Å²) in [5, 5.41) is 8.69. The van der Waals surface area contributed by atoms with Crippen LogP contribution in [0.2, 0.25) is 5.02 Å². The summed E-state index contributed by atoms with van der Waals surface area (Å²) in [6.07, 6.45) is 0. The van der Waals surface area contributed by atoms with Crippen LogP contribution < -0.4 is 9.64 Å². The van der Waals surface area contributed by atoms with E-state index in [1.165, 1.54) is 0 Å². The molecule has 0 aliphatic carbocycles. The van der Waals surface area contributed by atoms with Crippen LogP contribution in [0, 0.1) is 0 Å². The number of hydrogen-bond donors (Lipinski definition) is 0. The maximum absolute atomic E-state index is 12.5. The van der Waals surface area contributed by atoms with E-state index in [-0.39, 0.29) is 5.91 Å². The van der Waals surface area contributed by atoms with Crippen LogP contribution in [0.5, 0.6) is 5.88 Å². The topological polar surface area (TPSA) is 58.6 Å². The van der Waals surface area contributed by atoms with Gasteiger partial charge in [0.2, 0.25) is 5.88 Å². The fourth-order valence-corrected chi connectivity index (χ4v) is 2.72. The maximum Gasteiger partial charge on any atom is 0.254 e. The first-order chi connectivity index (χ1) is 11.2. The van der Waals surface area contributed by atoms with E-state index in [9.17, 15) is 4.79 Å². The summed E-state index contributed by atoms with van der Waals surface area (Å²) in [5.74, 6) is 1.29. The number of halogens is 1. The monoisotopic (exact) mass is 332 g/mol. The highest BCUT2D eigenvalue weighted by Gasteiger charge is 2.23. The average molecular weight is 333 g/mol. The van der Waals surface area contributed by atoms with E-state index in [1.807, 2.05) is 11.0 Å². The van der Waals surface area contributed by atoms with Crippen molar-refractivity contribution in [3.8, 4) is 5.88 Å². The summed E-state index contributed by atoms with van der Waals surface area (Å²) in [4.78, 5) is 16.4. The highest BCUT2D eigenvalue weighted by molar-refractivity contribution is 6.30. The number of methoxy groups -OCH3 is 1. The number of rotatable bonds is 3. The molecule has 1 saturated heterocycles. The summed E-state index contributed by atoms with van der Waals surface area (Å²) in [6.45, 7) is 2.71. The van der Waals surface area contributed by atoms with Gasteiger partial charge in [-0.2, -0.15) is 0 Å². The summed E-state index contributed by atoms with van der Waals surface area (Å²) < 4.78 is 5.01. The van der Waals surface area contributed by atoms with Crippen molar-refractivity contribution in [1.29, 1.82) is 0 Å². The number of nitrogens with zero attached hydrogens (tertiary/aromatic N) is 4. The molecule has 7 heteroatoms. The molecular weight excluding hydrogens is 316 g/mol. The third-order valence-electron chi connectivity index (χ3n) is 3.80. The first-order valence-corrected chi connectivity index (χ1v) is 7.72. The minimum atomic E-state index is 0.00738. The molecule has 0 atom stereocenters. The van der Waals surface area contributed by atoms with E-state index >= 15 is 0 Å². The number of hydrogen-bond acceptors (Lipinski definition) is 5. The largest absolute Gasteiger partial charge is 0.480 e. The van der Waals surface area contributed by atoms with E-state index in [2.05, 4.69) is 15.1 Å². The number of ether oxygens (including phenoxy) is 1. The molecule has 0 spiro atoms. The van der Waals surface area contributed by atoms with Crippen LogP contribution in [-0.4, -0.2) is 54.3 Å². The lowest BCUT2D eigenvalue weighted by Gasteiger charge is -2.35. The van der Waals surface area contributed by atoms with Crippen molar-refractivity contribution in [2.75, 3.05) is 38.2 Å². The third-order valence-corrected chi connectivity index (χ3v) is 4.03. The molecule has 0 bridgehead atoms. The van der Waals surface area contributed by atoms with Crippen molar-refractivity contribution in [2.24, 2.45) is 0 Å². The molecule has 0 radical (unpaired) electrons. The van der Waals surface area contributed by atoms with Crippen LogP contribution in [-0.2, 0) is 0 Å². The zero-order chi connectivity index (χ0) is 16.2. The van der Waals surface area contributed by atoms with Gasteiger partial charge in [-0.25, -0.2) is 0 Å². The van der Waals surface area contributed by atoms with Crippen LogP contribution in [0.4, 0.5) is 5.82 Å². The Morgan fingerprint density at radius 2 is 1.91 bits per heavy atom. The Morgan fingerprint density at radius 1 is 1.13 bits per heavy atom. The van der Waals surface area contributed by atoms with Gasteiger partial charge in [0.25, 0.3) is 5.91 Å². The molecule has 0 saturated carbocycles. The molecule has 1 fully saturated rings. The Labute approximate surface area is 139 Å². The first kappa shape index (κ1) is 15.6. The van der Waals surface area contributed by atoms with E-state index < -0.39 is 0 Å². The van der Waals surface area contributed by atoms with Crippen molar-refractivity contribution in [2.45, 2.75) is 0 Å². The van der Waals surface area contributed by atoms with Gasteiger partial charge < -0.3 is 14.5 Å². The summed E-state index contributed by atoms with van der Waals surface area (Å²) >= 11 is 5.95. The van der Waals surface area contributed by atoms with Gasteiger partial charge in [0.1, 0.15) is 0 Å². The van der Waals surface area contributed by atoms with Gasteiger partial charge in [0.05, 0.1) is 7.11 Å². The molecule has 6 nitrogen and oxygen atoms in total. The molecule has 1 aromatic carbocycles. The molecule has 2 aromatic rings. The SMILES string of the molecule is COc1ccc(N2CCN(C(=O)c3cccc(Cl)c3)CC2)nn1. The number of benzene rings is 1. The fourth-order valence-electron chi connectivity index (χ4n) is 2.53. The second-order valence-electron chi connectivity index (χ2n) is 5.22. The maximum atomic E-state index is 12.5. The third kappa shape index (κ3) is 3.53. The van der Waals surface area contributed by atoms with Gasteiger partial charge in [-0.15, -0.1) is 10.2 Å². The lowest BCUT2D eigenvalue weighted by atomic mass is 10.2. The Balaban J connectivity index is 1.62. The van der Waals surface area contributed by atoms with Crippen molar-refractivity contribution in [3.63, 3.8) is 0 Å². The highest BCUT2D eigenvalue weighted by Crippen LogP contribution is 2.17. The summed E-state index contributed by atoms with van der Waals surface area (Å²) in [6, 6.07) is 10.7. The van der Waals surface area contributed by atoms with E-state index in [1.54, 1.807) is 37.4 Å². The standard InChI is InChI=1S/C16H17ClN4O2/c1-23-15-6-5-14(18-19-15)20-7-9-21(10-8-20)16(22)12-3-2-4-13(17)11-12/h2-6,11H,7-10H2,1H3. The number of anilines is 1. The van der Waals surface area contributed by atoms with Crippen molar-refractivity contribution in [1.82, 2.24) is 15.1 Å². The lowest BCUT2D eigenvalue weighted by molar-refractivity contribution is 0.0746. The normalized spacial score (nSPS) is 14.7. The number of aromatic nitrogens is 2. The van der Waals surface area contributed by atoms with E-state index in [0.717, 1.165) is 5.82 Å². The molecular formula is C16H17ClN4O2. The highest BCUT2D eigenvalue weighted by atomic mass is 35.5. The predicted octanol–water partition coefficient (Wildman–Crippen LogP) is 2.10. The van der Waals surface area contributed by atoms with Gasteiger partial charge >= 0.3 is 0 Å². The number of carbonyl (C=O) groups is 1. The Hall–Kier alpha value is -2.34. The van der Waals surface area contributed by atoms with Crippen LogP contribution in [0.3, 0.4) is 0 Å². The predicted molar refractivity (Wildman–Crippen MR) is 88.2 cm³/mol. The minimum absolute atomic E-state index is 0.00738. The molecule has 1 amide bonds. The van der Waals surface area contributed by atoms with E-state index in [0.29, 0.717) is 42.6 Å². The van der Waals surface area contributed by atoms with Crippen molar-refractivity contribution < 1.29 is 9.53 Å². The molecule has 0 N–H and O–H groups in total. The second-order valence-corrected chi connectivity index (χ2v) is 5.66. The van der Waals surface area contributed by atoms with Gasteiger partial charge in [0, 0.05) is 42.8 Å². The average Bonchev–Trinajstić information content (AvgIpc) is 2.61. The van der Waals surface area contributed by atoms with Gasteiger partial charge in [-0.1, -0.05) is 17.7 Å². The van der Waals surface area contributed by atoms with Gasteiger partial charge in [-0.3, -0.25) is 4.79 Å². The molecule has 0 unspecified atom stereocenters. The van der Waals surface area contributed by atoms with Crippen molar-refractivity contribution in [3.05, 3.63) is 47.0 Å². The van der Waals surface area contributed by atoms with Crippen LogP contribution in [0.15, 0.2) is 36.4 Å². The van der Waals surface area contributed by atoms with Crippen LogP contribution >= 0.6 is 11.6 Å². The second kappa shape index (κ2) is 6.83. The Morgan fingerprint density at radius 3 is 2.52 bits per heavy atom. The van der Waals surface area contributed by atoms with Gasteiger partial charge in [0.15, 0.2) is 5.82 Å². The van der Waals surface area contributed by atoms with Crippen LogP contribution in [0.25, 0.3) is 0 Å². The first-order valence-electron chi connectivity index (χ1n) is 7.35. The Bertz CT molecular complexity index is 685. The van der Waals surface area contributed by atoms with Crippen molar-refractivity contribution >= 4 is 23.3 Å². The quantitative estimate of drug-likeness (QED) is 0.861. The zero-order valence-electron chi connectivity index (χ0n) is 12.8. The molecule has 1 aliphatic heterocycles. The lowest BCUT2D eigenvalue weighted by Crippen LogP contribution is -2.49. The smallest absolute Gasteiger partial charge is 0.254 e. The van der Waals surface area contributed by atoms with E-state index in [4.69, 9.17) is 16.3 Å². The molecule has 1 aliphatic rings. The minimum Gasteiger partial charge on any atom is -0.480 e. The number of piperazine rings is 1. The van der Waals surface area contributed by atoms with Crippen LogP contribution in [0.1, 0.15) is 10.4 Å². The summed E-state index contributed by atoms with van der Waals surface area (Å²) in [5.41, 5.74) is 0.621. The fraction of sp³-hybridized carbons (Fsp3) is 0.312. The zero-order valence-corrected chi connectivity index (χ0v) is 13.5. The number of carbonyl (C=O) groups excluding carboxylic acids is 1. The molecule has 23 heavy (non-hydrogen) atoms. The Kier molecular flexibility index (Phi) is 4.62. The summed E-state index contributed by atoms with van der Waals surface area (Å²) in [7, 11) is 1.56. The molecule has 3 rings (SSSR count). The molecule has 1 aromatic heterocycles.